The maximum atomic E-state index is 13.1. The monoisotopic (exact) mass is 730 g/mol. The number of rotatable bonds is 14. The number of ether oxygens (including phenoxy) is 3. The molecular formula is C36H60N7O7Si+. The molecular weight excluding hydrogens is 671 g/mol. The molecule has 0 bridgehead atoms. The number of hydrogen-bond acceptors (Lipinski definition) is 9. The number of amides is 1. The van der Waals surface area contributed by atoms with E-state index in [1.54, 1.807) is 27.7 Å². The number of esters is 1. The summed E-state index contributed by atoms with van der Waals surface area (Å²) in [6, 6.07) is 5.98. The Bertz CT molecular complexity index is 1570. The van der Waals surface area contributed by atoms with E-state index in [0.717, 1.165) is 16.7 Å². The van der Waals surface area contributed by atoms with Crippen LogP contribution in [0.2, 0.25) is 18.1 Å². The Labute approximate surface area is 304 Å². The van der Waals surface area contributed by atoms with Gasteiger partial charge in [-0.1, -0.05) is 32.0 Å². The number of carbonyl (C=O) groups is 2. The summed E-state index contributed by atoms with van der Waals surface area (Å²) in [6.45, 7) is 25.1. The van der Waals surface area contributed by atoms with Crippen LogP contribution < -0.4 is 20.6 Å². The maximum Gasteiger partial charge on any atom is 0.407 e. The average molecular weight is 731 g/mol. The van der Waals surface area contributed by atoms with Gasteiger partial charge in [0.05, 0.1) is 17.9 Å². The van der Waals surface area contributed by atoms with E-state index in [-0.39, 0.29) is 17.7 Å². The van der Waals surface area contributed by atoms with Crippen LogP contribution in [-0.2, 0) is 43.0 Å². The summed E-state index contributed by atoms with van der Waals surface area (Å²) in [5, 5.41) is 6.59. The van der Waals surface area contributed by atoms with Crippen molar-refractivity contribution in [2.45, 2.75) is 149 Å². The number of hydrogen-bond donors (Lipinski definition) is 2. The van der Waals surface area contributed by atoms with Gasteiger partial charge >= 0.3 is 12.1 Å². The van der Waals surface area contributed by atoms with Crippen LogP contribution in [0.4, 0.5) is 4.79 Å². The number of nitrogens with one attached hydrogen (secondary N) is 1. The summed E-state index contributed by atoms with van der Waals surface area (Å²) >= 11 is 0. The Kier molecular flexibility index (Phi) is 13.4. The van der Waals surface area contributed by atoms with Crippen molar-refractivity contribution in [2.24, 2.45) is 11.0 Å². The Balaban J connectivity index is 1.93. The number of alkyl carbamates (subject to hydrolysis) is 1. The van der Waals surface area contributed by atoms with Gasteiger partial charge in [0, 0.05) is 24.4 Å². The minimum atomic E-state index is -2.24. The second-order valence-electron chi connectivity index (χ2n) is 16.9. The molecule has 2 aromatic rings. The van der Waals surface area contributed by atoms with Gasteiger partial charge in [-0.2, -0.15) is 4.68 Å². The molecule has 1 aromatic heterocycles. The second kappa shape index (κ2) is 16.4. The summed E-state index contributed by atoms with van der Waals surface area (Å²) in [5.74, 6) is 5.72. The quantitative estimate of drug-likeness (QED) is 0.0314. The summed E-state index contributed by atoms with van der Waals surface area (Å²) in [7, 11) is -2.24. The van der Waals surface area contributed by atoms with Gasteiger partial charge in [0.25, 0.3) is 0 Å². The Morgan fingerprint density at radius 3 is 2.35 bits per heavy atom. The molecule has 3 rings (SSSR count). The standard InChI is InChI=1S/C36H59N7O7Si/c1-33(2,3)47-31(44)36(10,50-38)30-17-15-26-20-25(14-16-29(26)46-30)27-22-42(19-13-18-40-41-37)43(23-27)24-28(49-51(11,12)35(7,8)9)21-39-32(45)48-34(4,5)6/h14,16,20,22-23,28,30H,13,15,17-19,21,24,38H2,1-12H3/p+1/t28-,30+,36?/m0/s1. The molecule has 284 valence electrons. The van der Waals surface area contributed by atoms with Gasteiger partial charge < -0.3 is 24.0 Å². The molecule has 0 spiro atoms. The highest BCUT2D eigenvalue weighted by molar-refractivity contribution is 6.74. The van der Waals surface area contributed by atoms with Gasteiger partial charge in [-0.3, -0.25) is 4.84 Å². The molecule has 1 unspecified atom stereocenters. The molecule has 3 atom stereocenters. The number of aryl methyl sites for hydroxylation is 2. The fourth-order valence-corrected chi connectivity index (χ4v) is 6.74. The molecule has 51 heavy (non-hydrogen) atoms. The SMILES string of the molecule is CC(C)(C)OC(=O)NC[C@@H](Cn1cc(-c2ccc3c(c2)CC[C@H](C(C)(ON)C(=O)OC(C)(C)C)O3)c[n+]1CCCN=[N+]=[N-])O[Si](C)(C)C(C)(C)C. The Morgan fingerprint density at radius 1 is 1.10 bits per heavy atom. The molecule has 14 nitrogen and oxygen atoms in total. The maximum absolute atomic E-state index is 13.1. The third-order valence-corrected chi connectivity index (χ3v) is 13.7. The van der Waals surface area contributed by atoms with E-state index in [4.69, 9.17) is 34.9 Å². The van der Waals surface area contributed by atoms with Crippen LogP contribution in [0.5, 0.6) is 5.75 Å². The molecule has 0 saturated heterocycles. The topological polar surface area (TPSA) is 176 Å². The van der Waals surface area contributed by atoms with Crippen molar-refractivity contribution in [1.82, 2.24) is 10.00 Å². The van der Waals surface area contributed by atoms with Crippen LogP contribution >= 0.6 is 0 Å². The van der Waals surface area contributed by atoms with Crippen molar-refractivity contribution in [1.29, 1.82) is 0 Å². The molecule has 1 aromatic carbocycles. The van der Waals surface area contributed by atoms with Crippen molar-refractivity contribution in [3.63, 3.8) is 0 Å². The summed E-state index contributed by atoms with van der Waals surface area (Å²) in [5.41, 5.74) is 8.96. The van der Waals surface area contributed by atoms with Crippen molar-refractivity contribution in [3.05, 3.63) is 46.6 Å². The highest BCUT2D eigenvalue weighted by Gasteiger charge is 2.48. The van der Waals surface area contributed by atoms with Gasteiger partial charge in [0.2, 0.25) is 11.8 Å². The number of nitrogens with zero attached hydrogens (tertiary/aromatic N) is 5. The number of fused-ring (bicyclic) bond motifs is 1. The lowest BCUT2D eigenvalue weighted by molar-refractivity contribution is -0.775. The minimum absolute atomic E-state index is 0.0465. The average Bonchev–Trinajstić information content (AvgIpc) is 3.40. The highest BCUT2D eigenvalue weighted by atomic mass is 28.4. The van der Waals surface area contributed by atoms with Gasteiger partial charge in [-0.25, -0.2) is 15.5 Å². The number of azide groups is 1. The predicted octanol–water partition coefficient (Wildman–Crippen LogP) is 6.74. The molecule has 1 aliphatic heterocycles. The molecule has 0 aliphatic carbocycles. The zero-order chi connectivity index (χ0) is 38.4. The smallest absolute Gasteiger partial charge is 0.407 e. The molecule has 0 saturated carbocycles. The Hall–Kier alpha value is -3.62. The fourth-order valence-electron chi connectivity index (χ4n) is 5.40. The normalized spacial score (nSPS) is 16.9. The summed E-state index contributed by atoms with van der Waals surface area (Å²) in [6.07, 6.45) is 4.44. The molecule has 1 amide bonds. The van der Waals surface area contributed by atoms with E-state index in [1.807, 2.05) is 32.9 Å². The third-order valence-electron chi connectivity index (χ3n) is 9.15. The molecule has 1 aliphatic rings. The van der Waals surface area contributed by atoms with Crippen molar-refractivity contribution < 1.29 is 37.7 Å². The van der Waals surface area contributed by atoms with Crippen LogP contribution in [0.15, 0.2) is 35.7 Å². The van der Waals surface area contributed by atoms with Gasteiger partial charge in [-0.15, -0.1) is 4.68 Å². The van der Waals surface area contributed by atoms with Gasteiger partial charge in [0.1, 0.15) is 29.6 Å². The predicted molar refractivity (Wildman–Crippen MR) is 197 cm³/mol. The zero-order valence-corrected chi connectivity index (χ0v) is 33.7. The van der Waals surface area contributed by atoms with E-state index < -0.39 is 43.3 Å². The first-order chi connectivity index (χ1) is 23.5. The number of nitrogens with two attached hydrogens (primary N) is 1. The van der Waals surface area contributed by atoms with E-state index >= 15 is 0 Å². The zero-order valence-electron chi connectivity index (χ0n) is 32.7. The van der Waals surface area contributed by atoms with Crippen LogP contribution in [0.25, 0.3) is 21.6 Å². The number of carbonyl (C=O) groups excluding carboxylic acids is 2. The van der Waals surface area contributed by atoms with Crippen LogP contribution in [-0.4, -0.2) is 67.2 Å². The minimum Gasteiger partial charge on any atom is -0.486 e. The highest BCUT2D eigenvalue weighted by Crippen LogP contribution is 2.38. The summed E-state index contributed by atoms with van der Waals surface area (Å²) < 4.78 is 28.5. The van der Waals surface area contributed by atoms with E-state index in [1.165, 1.54) is 0 Å². The molecule has 2 heterocycles. The first-order valence-corrected chi connectivity index (χ1v) is 20.6. The lowest BCUT2D eigenvalue weighted by Gasteiger charge is -2.39. The van der Waals surface area contributed by atoms with Crippen LogP contribution in [0, 0.1) is 0 Å². The molecule has 0 fully saturated rings. The number of benzene rings is 1. The lowest BCUT2D eigenvalue weighted by Crippen LogP contribution is -2.56. The van der Waals surface area contributed by atoms with Gasteiger partial charge in [0.15, 0.2) is 14.9 Å². The fraction of sp³-hybridized carbons (Fsp3) is 0.694. The third kappa shape index (κ3) is 11.7. The second-order valence-corrected chi connectivity index (χ2v) is 21.6. The van der Waals surface area contributed by atoms with E-state index in [0.29, 0.717) is 44.6 Å². The van der Waals surface area contributed by atoms with E-state index in [2.05, 4.69) is 77.0 Å². The Morgan fingerprint density at radius 2 is 1.76 bits per heavy atom. The lowest BCUT2D eigenvalue weighted by atomic mass is 9.89. The number of aromatic nitrogens is 2. The largest absolute Gasteiger partial charge is 0.486 e. The first kappa shape index (κ1) is 41.8. The van der Waals surface area contributed by atoms with Crippen molar-refractivity contribution in [3.8, 4) is 16.9 Å². The van der Waals surface area contributed by atoms with E-state index in [9.17, 15) is 9.59 Å². The van der Waals surface area contributed by atoms with Crippen molar-refractivity contribution >= 4 is 20.4 Å². The van der Waals surface area contributed by atoms with Crippen molar-refractivity contribution in [2.75, 3.05) is 13.1 Å². The first-order valence-electron chi connectivity index (χ1n) is 17.6. The molecule has 0 radical (unpaired) electrons. The van der Waals surface area contributed by atoms with Crippen LogP contribution in [0.1, 0.15) is 87.6 Å². The van der Waals surface area contributed by atoms with Gasteiger partial charge in [-0.05, 0) is 108 Å². The summed E-state index contributed by atoms with van der Waals surface area (Å²) in [4.78, 5) is 33.8. The van der Waals surface area contributed by atoms with Crippen LogP contribution in [0.3, 0.4) is 0 Å². The molecule has 15 heteroatoms. The molecule has 3 N–H and O–H groups in total.